The molecule has 0 radical (unpaired) electrons. The van der Waals surface area contributed by atoms with Gasteiger partial charge in [-0.05, 0) is 87.7 Å². The van der Waals surface area contributed by atoms with Crippen LogP contribution < -0.4 is 0 Å². The molecule has 2 rings (SSSR count). The number of methoxy groups -OCH3 is 1. The van der Waals surface area contributed by atoms with Crippen LogP contribution in [0.1, 0.15) is 39.5 Å². The maximum atomic E-state index is 11.4. The Bertz CT molecular complexity index is 510. The van der Waals surface area contributed by atoms with Gasteiger partial charge in [0.2, 0.25) is 0 Å². The van der Waals surface area contributed by atoms with Crippen LogP contribution in [0.3, 0.4) is 0 Å². The Hall–Kier alpha value is 0.340. The Morgan fingerprint density at radius 2 is 2.04 bits per heavy atom. The largest absolute Gasteiger partial charge is 0.466 e. The van der Waals surface area contributed by atoms with Crippen LogP contribution in [0.15, 0.2) is 21.8 Å². The van der Waals surface area contributed by atoms with E-state index < -0.39 is 12.1 Å². The second-order valence-electron chi connectivity index (χ2n) is 6.88. The zero-order valence-electron chi connectivity index (χ0n) is 14.6. The molecule has 2 aliphatic rings. The summed E-state index contributed by atoms with van der Waals surface area (Å²) in [4.78, 5) is 11.4. The highest BCUT2D eigenvalue weighted by molar-refractivity contribution is 14.1. The van der Waals surface area contributed by atoms with Crippen molar-refractivity contribution in [1.82, 2.24) is 0 Å². The number of rotatable bonds is 4. The van der Waals surface area contributed by atoms with Crippen molar-refractivity contribution >= 4 is 52.1 Å². The highest BCUT2D eigenvalue weighted by atomic mass is 127. The van der Waals surface area contributed by atoms with Crippen molar-refractivity contribution in [3.63, 3.8) is 0 Å². The van der Waals surface area contributed by atoms with Crippen molar-refractivity contribution in [1.29, 1.82) is 0 Å². The molecule has 1 heterocycles. The number of aliphatic hydroxyl groups is 1. The SMILES string of the molecule is COC(=O)/C=C/[C@@H](O)[C@@H]1CC2(CC[C@@]1(C)/C=C(\C)I)SCCCS2. The third-order valence-corrected chi connectivity index (χ3v) is 8.81. The van der Waals surface area contributed by atoms with Crippen molar-refractivity contribution in [2.45, 2.75) is 49.7 Å². The van der Waals surface area contributed by atoms with E-state index in [0.717, 1.165) is 12.8 Å². The third kappa shape index (κ3) is 5.17. The number of carbonyl (C=O) groups excluding carboxylic acids is 1. The van der Waals surface area contributed by atoms with Crippen LogP contribution in [-0.2, 0) is 9.53 Å². The average molecular weight is 482 g/mol. The van der Waals surface area contributed by atoms with Gasteiger partial charge in [0.25, 0.3) is 0 Å². The van der Waals surface area contributed by atoms with Crippen LogP contribution in [0.25, 0.3) is 0 Å². The molecule has 1 aliphatic carbocycles. The first-order valence-corrected chi connectivity index (χ1v) is 11.4. The molecule has 0 amide bonds. The Morgan fingerprint density at radius 1 is 1.38 bits per heavy atom. The van der Waals surface area contributed by atoms with Crippen LogP contribution in [0.4, 0.5) is 0 Å². The molecule has 24 heavy (non-hydrogen) atoms. The predicted octanol–water partition coefficient (Wildman–Crippen LogP) is 4.79. The van der Waals surface area contributed by atoms with Gasteiger partial charge < -0.3 is 9.84 Å². The van der Waals surface area contributed by atoms with E-state index in [2.05, 4.69) is 70.8 Å². The lowest BCUT2D eigenvalue weighted by molar-refractivity contribution is -0.134. The van der Waals surface area contributed by atoms with Crippen LogP contribution in [0, 0.1) is 11.3 Å². The molecule has 0 aromatic carbocycles. The number of halogens is 1. The zero-order chi connectivity index (χ0) is 17.8. The van der Waals surface area contributed by atoms with Crippen molar-refractivity contribution in [2.75, 3.05) is 18.6 Å². The fraction of sp³-hybridized carbons (Fsp3) is 0.722. The molecule has 0 unspecified atom stereocenters. The van der Waals surface area contributed by atoms with Gasteiger partial charge in [-0.2, -0.15) is 0 Å². The molecule has 1 spiro atoms. The normalized spacial score (nSPS) is 32.0. The number of allylic oxidation sites excluding steroid dienone is 2. The van der Waals surface area contributed by atoms with Crippen LogP contribution >= 0.6 is 46.1 Å². The van der Waals surface area contributed by atoms with Gasteiger partial charge >= 0.3 is 5.97 Å². The van der Waals surface area contributed by atoms with Gasteiger partial charge in [0.05, 0.1) is 17.3 Å². The molecule has 6 heteroatoms. The van der Waals surface area contributed by atoms with Crippen molar-refractivity contribution in [3.8, 4) is 0 Å². The predicted molar refractivity (Wildman–Crippen MR) is 113 cm³/mol. The number of hydrogen-bond acceptors (Lipinski definition) is 5. The second kappa shape index (κ2) is 8.82. The average Bonchev–Trinajstić information content (AvgIpc) is 2.55. The third-order valence-electron chi connectivity index (χ3n) is 5.01. The lowest BCUT2D eigenvalue weighted by Gasteiger charge is -2.51. The number of hydrogen-bond donors (Lipinski definition) is 1. The summed E-state index contributed by atoms with van der Waals surface area (Å²) >= 11 is 6.49. The summed E-state index contributed by atoms with van der Waals surface area (Å²) in [6.45, 7) is 4.36. The molecule has 1 saturated heterocycles. The van der Waals surface area contributed by atoms with E-state index in [1.807, 2.05) is 0 Å². The lowest BCUT2D eigenvalue weighted by Crippen LogP contribution is -2.45. The first-order chi connectivity index (χ1) is 11.3. The van der Waals surface area contributed by atoms with Crippen LogP contribution in [-0.4, -0.2) is 39.9 Å². The standard InChI is InChI=1S/C18H27IO3S2/c1-13(19)11-17(2)7-8-18(23-9-4-10-24-18)12-14(17)15(20)5-6-16(21)22-3/h5-6,11,14-15,20H,4,7-10,12H2,1-3H3/b6-5+,13-11+/t14-,15+,17-/m0/s1. The van der Waals surface area contributed by atoms with Crippen molar-refractivity contribution < 1.29 is 14.6 Å². The minimum Gasteiger partial charge on any atom is -0.466 e. The fourth-order valence-corrected chi connectivity index (χ4v) is 7.85. The molecular weight excluding hydrogens is 455 g/mol. The van der Waals surface area contributed by atoms with E-state index in [1.165, 1.54) is 41.1 Å². The maximum absolute atomic E-state index is 11.4. The number of aliphatic hydroxyl groups excluding tert-OH is 1. The quantitative estimate of drug-likeness (QED) is 0.355. The van der Waals surface area contributed by atoms with E-state index in [0.29, 0.717) is 0 Å². The first kappa shape index (κ1) is 20.6. The smallest absolute Gasteiger partial charge is 0.330 e. The van der Waals surface area contributed by atoms with Gasteiger partial charge in [-0.15, -0.1) is 23.5 Å². The molecule has 136 valence electrons. The van der Waals surface area contributed by atoms with Crippen molar-refractivity contribution in [3.05, 3.63) is 21.8 Å². The Balaban J connectivity index is 2.25. The highest BCUT2D eigenvalue weighted by Gasteiger charge is 2.49. The van der Waals surface area contributed by atoms with Gasteiger partial charge in [0.1, 0.15) is 0 Å². The molecule has 1 saturated carbocycles. The summed E-state index contributed by atoms with van der Waals surface area (Å²) < 4.78 is 6.14. The molecule has 0 aromatic heterocycles. The number of thioether (sulfide) groups is 2. The first-order valence-electron chi connectivity index (χ1n) is 8.37. The Kier molecular flexibility index (Phi) is 7.59. The summed E-state index contributed by atoms with van der Waals surface area (Å²) in [5.41, 5.74) is -0.0467. The maximum Gasteiger partial charge on any atom is 0.330 e. The molecule has 3 nitrogen and oxygen atoms in total. The van der Waals surface area contributed by atoms with Gasteiger partial charge in [-0.3, -0.25) is 0 Å². The summed E-state index contributed by atoms with van der Waals surface area (Å²) in [5, 5.41) is 10.8. The minimum absolute atomic E-state index is 0.0467. The van der Waals surface area contributed by atoms with E-state index in [1.54, 1.807) is 6.08 Å². The molecule has 0 aromatic rings. The van der Waals surface area contributed by atoms with E-state index in [4.69, 9.17) is 0 Å². The second-order valence-corrected chi connectivity index (χ2v) is 11.8. The van der Waals surface area contributed by atoms with E-state index >= 15 is 0 Å². The van der Waals surface area contributed by atoms with Gasteiger partial charge in [-0.1, -0.05) is 13.0 Å². The fourth-order valence-electron chi connectivity index (χ4n) is 3.72. The summed E-state index contributed by atoms with van der Waals surface area (Å²) in [6, 6.07) is 0. The highest BCUT2D eigenvalue weighted by Crippen LogP contribution is 2.59. The van der Waals surface area contributed by atoms with Crippen molar-refractivity contribution in [2.24, 2.45) is 11.3 Å². The number of carbonyl (C=O) groups is 1. The van der Waals surface area contributed by atoms with Gasteiger partial charge in [-0.25, -0.2) is 4.79 Å². The minimum atomic E-state index is -0.638. The van der Waals surface area contributed by atoms with Crippen LogP contribution in [0.5, 0.6) is 0 Å². The van der Waals surface area contributed by atoms with Crippen LogP contribution in [0.2, 0.25) is 0 Å². The molecule has 1 aliphatic heterocycles. The molecular formula is C18H27IO3S2. The van der Waals surface area contributed by atoms with Gasteiger partial charge in [0.15, 0.2) is 0 Å². The number of esters is 1. The number of ether oxygens (including phenoxy) is 1. The monoisotopic (exact) mass is 482 g/mol. The summed E-state index contributed by atoms with van der Waals surface area (Å²) in [6.07, 6.45) is 9.14. The molecule has 2 fully saturated rings. The Morgan fingerprint density at radius 3 is 2.62 bits per heavy atom. The van der Waals surface area contributed by atoms with Gasteiger partial charge in [0, 0.05) is 6.08 Å². The molecule has 0 bridgehead atoms. The van der Waals surface area contributed by atoms with E-state index in [9.17, 15) is 9.90 Å². The lowest BCUT2D eigenvalue weighted by atomic mass is 9.64. The zero-order valence-corrected chi connectivity index (χ0v) is 18.4. The summed E-state index contributed by atoms with van der Waals surface area (Å²) in [7, 11) is 1.36. The Labute approximate surface area is 167 Å². The summed E-state index contributed by atoms with van der Waals surface area (Å²) in [5.74, 6) is 2.12. The van der Waals surface area contributed by atoms with E-state index in [-0.39, 0.29) is 15.4 Å². The molecule has 3 atom stereocenters. The molecule has 1 N–H and O–H groups in total. The topological polar surface area (TPSA) is 46.5 Å².